The van der Waals surface area contributed by atoms with Crippen molar-refractivity contribution in [2.45, 2.75) is 6.42 Å². The molecular weight excluding hydrogens is 94.1 g/mol. The third-order valence-electron chi connectivity index (χ3n) is 0.698. The molecule has 0 aliphatic carbocycles. The highest BCUT2D eigenvalue weighted by atomic mass is 32.2. The van der Waals surface area contributed by atoms with Crippen molar-refractivity contribution in [1.29, 1.82) is 0 Å². The van der Waals surface area contributed by atoms with E-state index in [1.807, 2.05) is 5.55 Å². The summed E-state index contributed by atoms with van der Waals surface area (Å²) in [6.07, 6.45) is 1.27. The van der Waals surface area contributed by atoms with Crippen molar-refractivity contribution < 1.29 is 0 Å². The van der Waals surface area contributed by atoms with Crippen LogP contribution in [0.25, 0.3) is 0 Å². The Bertz CT molecular complexity index is 52.6. The van der Waals surface area contributed by atoms with Gasteiger partial charge in [0, 0.05) is 12.3 Å². The molecule has 0 saturated carbocycles. The molecule has 6 heavy (non-hydrogen) atoms. The number of aliphatic imine (C=N–C) groups is 1. The van der Waals surface area contributed by atoms with E-state index in [1.165, 1.54) is 12.2 Å². The maximum absolute atomic E-state index is 4.02. The molecule has 0 aromatic rings. The third kappa shape index (κ3) is 1.01. The van der Waals surface area contributed by atoms with E-state index in [2.05, 4.69) is 4.99 Å². The molecule has 1 aliphatic heterocycles. The second kappa shape index (κ2) is 2.24. The first-order chi connectivity index (χ1) is 3.00. The molecule has 0 N–H and O–H groups in total. The number of thioether (sulfide) groups is 1. The van der Waals surface area contributed by atoms with E-state index < -0.39 is 0 Å². The molecule has 0 radical (unpaired) electrons. The van der Waals surface area contributed by atoms with Crippen molar-refractivity contribution in [3.63, 3.8) is 0 Å². The van der Waals surface area contributed by atoms with Crippen LogP contribution < -0.4 is 0 Å². The molecule has 0 amide bonds. The zero-order valence-electron chi connectivity index (χ0n) is 3.55. The molecule has 0 spiro atoms. The average Bonchev–Trinajstić information content (AvgIpc) is 1.72. The minimum absolute atomic E-state index is 1.05. The largest absolute Gasteiger partial charge is 0.286 e. The molecule has 1 heterocycles. The fraction of sp³-hybridized carbons (Fsp3) is 0.750. The predicted octanol–water partition coefficient (Wildman–Crippen LogP) is 1.15. The van der Waals surface area contributed by atoms with E-state index in [0.29, 0.717) is 0 Å². The topological polar surface area (TPSA) is 12.4 Å². The molecule has 0 bridgehead atoms. The molecule has 0 aromatic carbocycles. The number of hydrogen-bond donors (Lipinski definition) is 0. The Kier molecular flexibility index (Phi) is 1.56. The van der Waals surface area contributed by atoms with E-state index in [0.717, 1.165) is 6.54 Å². The Morgan fingerprint density at radius 2 is 2.67 bits per heavy atom. The van der Waals surface area contributed by atoms with Crippen LogP contribution in [0, 0.1) is 0 Å². The van der Waals surface area contributed by atoms with Gasteiger partial charge in [-0.15, -0.1) is 11.8 Å². The molecule has 0 aromatic heterocycles. The summed E-state index contributed by atoms with van der Waals surface area (Å²) in [5.41, 5.74) is 1.93. The van der Waals surface area contributed by atoms with Crippen molar-refractivity contribution >= 4 is 17.3 Å². The Morgan fingerprint density at radius 1 is 1.67 bits per heavy atom. The van der Waals surface area contributed by atoms with Crippen molar-refractivity contribution in [3.05, 3.63) is 0 Å². The van der Waals surface area contributed by atoms with E-state index in [9.17, 15) is 0 Å². The first kappa shape index (κ1) is 4.19. The van der Waals surface area contributed by atoms with Crippen molar-refractivity contribution in [2.24, 2.45) is 4.99 Å². The summed E-state index contributed by atoms with van der Waals surface area (Å²) < 4.78 is 0. The lowest BCUT2D eigenvalue weighted by atomic mass is 10.5. The van der Waals surface area contributed by atoms with Gasteiger partial charge >= 0.3 is 0 Å². The summed E-state index contributed by atoms with van der Waals surface area (Å²) in [5, 5.41) is 0. The minimum atomic E-state index is 1.05. The second-order valence-corrected chi connectivity index (χ2v) is 2.19. The molecule has 0 unspecified atom stereocenters. The van der Waals surface area contributed by atoms with Gasteiger partial charge < -0.3 is 0 Å². The molecule has 2 heteroatoms. The Labute approximate surface area is 41.8 Å². The summed E-state index contributed by atoms with van der Waals surface area (Å²) in [5.74, 6) is 1.27. The monoisotopic (exact) mass is 101 g/mol. The zero-order valence-corrected chi connectivity index (χ0v) is 4.37. The smallest absolute Gasteiger partial charge is 0.0541 e. The quantitative estimate of drug-likeness (QED) is 0.446. The molecular formula is C4H7NS. The Morgan fingerprint density at radius 3 is 2.83 bits per heavy atom. The number of nitrogens with zero attached hydrogens (tertiary/aromatic N) is 1. The fourth-order valence-corrected chi connectivity index (χ4v) is 1.01. The van der Waals surface area contributed by atoms with Gasteiger partial charge in [0.2, 0.25) is 0 Å². The van der Waals surface area contributed by atoms with Crippen LogP contribution in [0.5, 0.6) is 0 Å². The number of rotatable bonds is 0. The van der Waals surface area contributed by atoms with Gasteiger partial charge in [-0.05, 0) is 6.42 Å². The van der Waals surface area contributed by atoms with Gasteiger partial charge in [0.05, 0.1) is 5.55 Å². The molecule has 1 aliphatic rings. The van der Waals surface area contributed by atoms with Crippen LogP contribution in [-0.4, -0.2) is 17.8 Å². The zero-order chi connectivity index (χ0) is 4.24. The summed E-state index contributed by atoms with van der Waals surface area (Å²) in [7, 11) is 0. The van der Waals surface area contributed by atoms with Crippen LogP contribution in [0.4, 0.5) is 0 Å². The first-order valence-corrected chi connectivity index (χ1v) is 3.15. The highest BCUT2D eigenvalue weighted by Crippen LogP contribution is 2.02. The van der Waals surface area contributed by atoms with Gasteiger partial charge in [-0.2, -0.15) is 0 Å². The first-order valence-electron chi connectivity index (χ1n) is 2.10. The van der Waals surface area contributed by atoms with E-state index >= 15 is 0 Å². The fourth-order valence-electron chi connectivity index (χ4n) is 0.397. The molecule has 0 saturated heterocycles. The van der Waals surface area contributed by atoms with E-state index in [-0.39, 0.29) is 0 Å². The summed E-state index contributed by atoms with van der Waals surface area (Å²) in [6.45, 7) is 1.05. The average molecular weight is 101 g/mol. The minimum Gasteiger partial charge on any atom is -0.286 e. The van der Waals surface area contributed by atoms with Gasteiger partial charge in [-0.25, -0.2) is 0 Å². The highest BCUT2D eigenvalue weighted by molar-refractivity contribution is 8.12. The lowest BCUT2D eigenvalue weighted by molar-refractivity contribution is 0.944. The highest BCUT2D eigenvalue weighted by Gasteiger charge is 1.88. The van der Waals surface area contributed by atoms with Gasteiger partial charge in [0.25, 0.3) is 0 Å². The summed E-state index contributed by atoms with van der Waals surface area (Å²) in [4.78, 5) is 4.02. The van der Waals surface area contributed by atoms with Gasteiger partial charge in [-0.3, -0.25) is 4.99 Å². The van der Waals surface area contributed by atoms with Gasteiger partial charge in [0.1, 0.15) is 0 Å². The van der Waals surface area contributed by atoms with Gasteiger partial charge in [0.15, 0.2) is 0 Å². The van der Waals surface area contributed by atoms with Crippen LogP contribution in [0.3, 0.4) is 0 Å². The summed E-state index contributed by atoms with van der Waals surface area (Å²) in [6, 6.07) is 0. The van der Waals surface area contributed by atoms with Crippen molar-refractivity contribution in [1.82, 2.24) is 0 Å². The van der Waals surface area contributed by atoms with Crippen molar-refractivity contribution in [2.75, 3.05) is 12.3 Å². The van der Waals surface area contributed by atoms with Crippen molar-refractivity contribution in [3.8, 4) is 0 Å². The Hall–Kier alpha value is 0.0200. The molecule has 1 rings (SSSR count). The van der Waals surface area contributed by atoms with E-state index in [4.69, 9.17) is 0 Å². The summed E-state index contributed by atoms with van der Waals surface area (Å²) >= 11 is 1.80. The van der Waals surface area contributed by atoms with Crippen LogP contribution in [0.15, 0.2) is 4.99 Å². The molecule has 1 nitrogen and oxygen atoms in total. The van der Waals surface area contributed by atoms with E-state index in [1.54, 1.807) is 11.8 Å². The van der Waals surface area contributed by atoms with Crippen LogP contribution in [-0.2, 0) is 0 Å². The number of hydrogen-bond acceptors (Lipinski definition) is 2. The Balaban J connectivity index is 2.26. The third-order valence-corrected chi connectivity index (χ3v) is 1.52. The SMILES string of the molecule is C1=NCCCS1. The van der Waals surface area contributed by atoms with Crippen LogP contribution in [0.2, 0.25) is 0 Å². The predicted molar refractivity (Wildman–Crippen MR) is 30.4 cm³/mol. The standard InChI is InChI=1S/C4H7NS/c1-2-5-4-6-3-1/h4H,1-3H2. The lowest BCUT2D eigenvalue weighted by Gasteiger charge is -1.97. The molecule has 0 atom stereocenters. The van der Waals surface area contributed by atoms with Gasteiger partial charge in [-0.1, -0.05) is 0 Å². The lowest BCUT2D eigenvalue weighted by Crippen LogP contribution is -1.89. The normalized spacial score (nSPS) is 21.3. The van der Waals surface area contributed by atoms with Crippen LogP contribution >= 0.6 is 11.8 Å². The maximum Gasteiger partial charge on any atom is 0.0541 e. The van der Waals surface area contributed by atoms with Crippen LogP contribution in [0.1, 0.15) is 6.42 Å². The molecule has 34 valence electrons. The molecule has 0 fully saturated rings. The second-order valence-electron chi connectivity index (χ2n) is 1.24. The maximum atomic E-state index is 4.02.